The highest BCUT2D eigenvalue weighted by molar-refractivity contribution is 6.38. The molecule has 0 bridgehead atoms. The second kappa shape index (κ2) is 3.69. The Hall–Kier alpha value is -0.870. The molecule has 0 saturated carbocycles. The Bertz CT molecular complexity index is 310. The molecule has 1 aromatic rings. The molecule has 0 aliphatic heterocycles. The predicted octanol–water partition coefficient (Wildman–Crippen LogP) is 0.983. The zero-order valence-corrected chi connectivity index (χ0v) is 7.29. The molecule has 1 atom stereocenters. The molecule has 1 rings (SSSR count). The van der Waals surface area contributed by atoms with Gasteiger partial charge in [-0.05, 0) is 0 Å². The highest BCUT2D eigenvalue weighted by atomic mass is 35.5. The van der Waals surface area contributed by atoms with E-state index in [1.54, 1.807) is 0 Å². The van der Waals surface area contributed by atoms with Gasteiger partial charge in [0.15, 0.2) is 5.38 Å². The van der Waals surface area contributed by atoms with Crippen LogP contribution in [-0.2, 0) is 4.79 Å². The Morgan fingerprint density at radius 2 is 2.42 bits per heavy atom. The van der Waals surface area contributed by atoms with E-state index in [1.165, 1.54) is 12.5 Å². The average molecular weight is 207 g/mol. The second-order valence-corrected chi connectivity index (χ2v) is 2.84. The number of rotatable bonds is 2. The van der Waals surface area contributed by atoms with E-state index in [0.717, 1.165) is 4.57 Å². The minimum absolute atomic E-state index is 0.179. The van der Waals surface area contributed by atoms with Gasteiger partial charge in [-0.3, -0.25) is 9.36 Å². The van der Waals surface area contributed by atoms with Gasteiger partial charge in [-0.15, -0.1) is 11.6 Å². The van der Waals surface area contributed by atoms with E-state index in [9.17, 15) is 9.59 Å². The fourth-order valence-electron chi connectivity index (χ4n) is 0.620. The molecule has 0 fully saturated rings. The van der Waals surface area contributed by atoms with Crippen molar-refractivity contribution in [3.8, 4) is 0 Å². The SMILES string of the molecule is O=CC(Cl)C(=O)n1cnc(Cl)c1. The van der Waals surface area contributed by atoms with Crippen molar-refractivity contribution >= 4 is 35.4 Å². The maximum Gasteiger partial charge on any atom is 0.257 e. The van der Waals surface area contributed by atoms with Crippen molar-refractivity contribution in [3.05, 3.63) is 17.7 Å². The van der Waals surface area contributed by atoms with Crippen LogP contribution >= 0.6 is 23.2 Å². The van der Waals surface area contributed by atoms with Gasteiger partial charge < -0.3 is 4.79 Å². The number of carbonyl (C=O) groups excluding carboxylic acids is 2. The number of carbonyl (C=O) groups is 2. The fourth-order valence-corrected chi connectivity index (χ4v) is 0.881. The molecule has 0 amide bonds. The Labute approximate surface area is 78.1 Å². The molecule has 0 aromatic carbocycles. The summed E-state index contributed by atoms with van der Waals surface area (Å²) in [5.41, 5.74) is 0. The summed E-state index contributed by atoms with van der Waals surface area (Å²) in [6.07, 6.45) is 2.82. The average Bonchev–Trinajstić information content (AvgIpc) is 2.49. The van der Waals surface area contributed by atoms with Crippen LogP contribution in [-0.4, -0.2) is 27.1 Å². The molecule has 4 nitrogen and oxygen atoms in total. The van der Waals surface area contributed by atoms with Crippen LogP contribution in [0, 0.1) is 0 Å². The van der Waals surface area contributed by atoms with E-state index in [-0.39, 0.29) is 5.15 Å². The van der Waals surface area contributed by atoms with E-state index in [4.69, 9.17) is 23.2 Å². The normalized spacial score (nSPS) is 12.5. The van der Waals surface area contributed by atoms with Crippen LogP contribution in [0.5, 0.6) is 0 Å². The van der Waals surface area contributed by atoms with Crippen molar-refractivity contribution < 1.29 is 9.59 Å². The van der Waals surface area contributed by atoms with E-state index in [0.29, 0.717) is 6.29 Å². The first-order chi connectivity index (χ1) is 5.65. The lowest BCUT2D eigenvalue weighted by atomic mass is 10.4. The Morgan fingerprint density at radius 1 is 1.75 bits per heavy atom. The summed E-state index contributed by atoms with van der Waals surface area (Å²) in [5.74, 6) is -0.564. The standard InChI is InChI=1S/C6H4Cl2N2O2/c7-4(2-11)6(12)10-1-5(8)9-3-10/h1-4H. The van der Waals surface area contributed by atoms with Crippen molar-refractivity contribution in [1.29, 1.82) is 0 Å². The number of hydrogen-bond acceptors (Lipinski definition) is 3. The number of aldehydes is 1. The molecule has 0 N–H and O–H groups in total. The van der Waals surface area contributed by atoms with Gasteiger partial charge >= 0.3 is 0 Å². The molecule has 1 unspecified atom stereocenters. The molecule has 0 aliphatic rings. The largest absolute Gasteiger partial charge is 0.301 e. The van der Waals surface area contributed by atoms with Gasteiger partial charge in [0, 0.05) is 0 Å². The van der Waals surface area contributed by atoms with Crippen LogP contribution in [0.2, 0.25) is 5.15 Å². The van der Waals surface area contributed by atoms with Gasteiger partial charge in [-0.2, -0.15) is 0 Å². The lowest BCUT2D eigenvalue weighted by Crippen LogP contribution is -2.21. The van der Waals surface area contributed by atoms with Crippen molar-refractivity contribution in [3.63, 3.8) is 0 Å². The number of aromatic nitrogens is 2. The molecule has 6 heteroatoms. The number of alkyl halides is 1. The van der Waals surface area contributed by atoms with Crippen molar-refractivity contribution in [2.45, 2.75) is 5.38 Å². The van der Waals surface area contributed by atoms with E-state index in [1.807, 2.05) is 0 Å². The van der Waals surface area contributed by atoms with Gasteiger partial charge in [0.1, 0.15) is 17.8 Å². The first kappa shape index (κ1) is 9.22. The minimum Gasteiger partial charge on any atom is -0.301 e. The summed E-state index contributed by atoms with van der Waals surface area (Å²) in [5, 5.41) is -1.01. The van der Waals surface area contributed by atoms with Gasteiger partial charge in [0.05, 0.1) is 6.20 Å². The number of imidazole rings is 1. The zero-order chi connectivity index (χ0) is 9.14. The Morgan fingerprint density at radius 3 is 2.83 bits per heavy atom. The van der Waals surface area contributed by atoms with Crippen molar-refractivity contribution in [2.75, 3.05) is 0 Å². The summed E-state index contributed by atoms with van der Waals surface area (Å²) in [6, 6.07) is 0. The second-order valence-electron chi connectivity index (χ2n) is 1.98. The third-order valence-electron chi connectivity index (χ3n) is 1.16. The van der Waals surface area contributed by atoms with Crippen LogP contribution < -0.4 is 0 Å². The number of hydrogen-bond donors (Lipinski definition) is 0. The summed E-state index contributed by atoms with van der Waals surface area (Å²) in [4.78, 5) is 24.8. The highest BCUT2D eigenvalue weighted by Crippen LogP contribution is 2.05. The van der Waals surface area contributed by atoms with Gasteiger partial charge in [-0.1, -0.05) is 11.6 Å². The summed E-state index contributed by atoms with van der Waals surface area (Å²) < 4.78 is 1.06. The number of halogens is 2. The quantitative estimate of drug-likeness (QED) is 0.412. The molecule has 12 heavy (non-hydrogen) atoms. The molecule has 0 radical (unpaired) electrons. The molecule has 0 aliphatic carbocycles. The van der Waals surface area contributed by atoms with Crippen LogP contribution in [0.3, 0.4) is 0 Å². The molecule has 64 valence electrons. The topological polar surface area (TPSA) is 52.0 Å². The van der Waals surface area contributed by atoms with Gasteiger partial charge in [0.25, 0.3) is 5.91 Å². The first-order valence-electron chi connectivity index (χ1n) is 2.98. The van der Waals surface area contributed by atoms with Crippen molar-refractivity contribution in [1.82, 2.24) is 9.55 Å². The van der Waals surface area contributed by atoms with E-state index in [2.05, 4.69) is 4.98 Å². The third kappa shape index (κ3) is 1.84. The molecule has 0 saturated heterocycles. The Balaban J connectivity index is 2.84. The van der Waals surface area contributed by atoms with Crippen LogP contribution in [0.25, 0.3) is 0 Å². The van der Waals surface area contributed by atoms with Crippen LogP contribution in [0.1, 0.15) is 4.79 Å². The lowest BCUT2D eigenvalue weighted by molar-refractivity contribution is -0.107. The monoisotopic (exact) mass is 206 g/mol. The lowest BCUT2D eigenvalue weighted by Gasteiger charge is -1.99. The van der Waals surface area contributed by atoms with Crippen LogP contribution in [0.4, 0.5) is 0 Å². The minimum atomic E-state index is -1.18. The van der Waals surface area contributed by atoms with E-state index < -0.39 is 11.3 Å². The summed E-state index contributed by atoms with van der Waals surface area (Å²) in [7, 11) is 0. The Kier molecular flexibility index (Phi) is 2.83. The fraction of sp³-hybridized carbons (Fsp3) is 0.167. The summed E-state index contributed by atoms with van der Waals surface area (Å²) >= 11 is 10.8. The smallest absolute Gasteiger partial charge is 0.257 e. The maximum absolute atomic E-state index is 11.1. The van der Waals surface area contributed by atoms with E-state index >= 15 is 0 Å². The first-order valence-corrected chi connectivity index (χ1v) is 3.79. The van der Waals surface area contributed by atoms with Gasteiger partial charge in [0.2, 0.25) is 0 Å². The predicted molar refractivity (Wildman–Crippen MR) is 43.6 cm³/mol. The highest BCUT2D eigenvalue weighted by Gasteiger charge is 2.15. The molecule has 0 spiro atoms. The molecular weight excluding hydrogens is 203 g/mol. The molecule has 1 heterocycles. The third-order valence-corrected chi connectivity index (χ3v) is 1.65. The summed E-state index contributed by atoms with van der Waals surface area (Å²) in [6.45, 7) is 0. The maximum atomic E-state index is 11.1. The zero-order valence-electron chi connectivity index (χ0n) is 5.78. The van der Waals surface area contributed by atoms with Crippen LogP contribution in [0.15, 0.2) is 12.5 Å². The van der Waals surface area contributed by atoms with Crippen molar-refractivity contribution in [2.24, 2.45) is 0 Å². The molecule has 1 aromatic heterocycles. The molecular formula is C6H4Cl2N2O2. The van der Waals surface area contributed by atoms with Gasteiger partial charge in [-0.25, -0.2) is 4.98 Å². The number of nitrogens with zero attached hydrogens (tertiary/aromatic N) is 2.